The van der Waals surface area contributed by atoms with Gasteiger partial charge in [-0.05, 0) is 31.7 Å². The molecule has 1 aliphatic rings. The first-order valence-electron chi connectivity index (χ1n) is 6.87. The number of hydrogen-bond acceptors (Lipinski definition) is 4. The summed E-state index contributed by atoms with van der Waals surface area (Å²) in [6.07, 6.45) is 3.17. The van der Waals surface area contributed by atoms with Crippen molar-refractivity contribution in [2.45, 2.75) is 37.8 Å². The molecular formula is C14H18FN3O3. The molecule has 0 spiro atoms. The average Bonchev–Trinajstić information content (AvgIpc) is 2.47. The first-order chi connectivity index (χ1) is 9.90. The van der Waals surface area contributed by atoms with Gasteiger partial charge in [-0.1, -0.05) is 0 Å². The third-order valence-corrected chi connectivity index (χ3v) is 4.00. The van der Waals surface area contributed by atoms with E-state index in [1.807, 2.05) is 0 Å². The second-order valence-corrected chi connectivity index (χ2v) is 5.41. The topological polar surface area (TPSA) is 89.5 Å². The number of non-ortho nitro benzene ring substituents is 1. The van der Waals surface area contributed by atoms with Crippen LogP contribution in [0.4, 0.5) is 10.1 Å². The Morgan fingerprint density at radius 3 is 2.57 bits per heavy atom. The van der Waals surface area contributed by atoms with E-state index in [9.17, 15) is 19.3 Å². The van der Waals surface area contributed by atoms with E-state index in [2.05, 4.69) is 0 Å². The first-order valence-corrected chi connectivity index (χ1v) is 6.87. The fourth-order valence-corrected chi connectivity index (χ4v) is 2.64. The number of halogens is 1. The minimum absolute atomic E-state index is 0.00374. The summed E-state index contributed by atoms with van der Waals surface area (Å²) in [4.78, 5) is 23.9. The van der Waals surface area contributed by atoms with Crippen LogP contribution in [0, 0.1) is 15.9 Å². The van der Waals surface area contributed by atoms with Crippen LogP contribution in [0.15, 0.2) is 18.2 Å². The number of nitro benzene ring substituents is 1. The smallest absolute Gasteiger partial charge is 0.270 e. The van der Waals surface area contributed by atoms with Gasteiger partial charge in [-0.2, -0.15) is 0 Å². The number of benzene rings is 1. The Balaban J connectivity index is 2.19. The Labute approximate surface area is 121 Å². The zero-order chi connectivity index (χ0) is 15.6. The van der Waals surface area contributed by atoms with Gasteiger partial charge in [0.25, 0.3) is 11.6 Å². The molecule has 0 heterocycles. The molecule has 7 heteroatoms. The molecule has 1 fully saturated rings. The molecule has 2 rings (SSSR count). The molecule has 1 aromatic rings. The highest BCUT2D eigenvalue weighted by molar-refractivity contribution is 5.95. The Kier molecular flexibility index (Phi) is 4.52. The van der Waals surface area contributed by atoms with Crippen LogP contribution < -0.4 is 5.73 Å². The zero-order valence-corrected chi connectivity index (χ0v) is 11.8. The normalized spacial score (nSPS) is 21.9. The van der Waals surface area contributed by atoms with E-state index in [1.54, 1.807) is 7.05 Å². The SMILES string of the molecule is CN(C(=O)c1cc([N+](=O)[O-])ccc1F)C1CCC(N)CC1. The molecule has 1 amide bonds. The molecule has 6 nitrogen and oxygen atoms in total. The standard InChI is InChI=1S/C14H18FN3O3/c1-17(10-4-2-9(16)3-5-10)14(19)12-8-11(18(20)21)6-7-13(12)15/h6-10H,2-5,16H2,1H3. The van der Waals surface area contributed by atoms with E-state index < -0.39 is 16.6 Å². The molecule has 21 heavy (non-hydrogen) atoms. The fourth-order valence-electron chi connectivity index (χ4n) is 2.64. The summed E-state index contributed by atoms with van der Waals surface area (Å²) in [5.74, 6) is -1.28. The van der Waals surface area contributed by atoms with Crippen LogP contribution in [0.25, 0.3) is 0 Å². The number of rotatable bonds is 3. The number of nitro groups is 1. The molecule has 0 radical (unpaired) electrons. The van der Waals surface area contributed by atoms with Crippen molar-refractivity contribution in [1.29, 1.82) is 0 Å². The molecule has 0 atom stereocenters. The highest BCUT2D eigenvalue weighted by Crippen LogP contribution is 2.24. The fraction of sp³-hybridized carbons (Fsp3) is 0.500. The maximum absolute atomic E-state index is 13.8. The first kappa shape index (κ1) is 15.4. The highest BCUT2D eigenvalue weighted by atomic mass is 19.1. The zero-order valence-electron chi connectivity index (χ0n) is 11.8. The summed E-state index contributed by atoms with van der Waals surface area (Å²) in [6.45, 7) is 0. The van der Waals surface area contributed by atoms with Crippen molar-refractivity contribution in [3.8, 4) is 0 Å². The summed E-state index contributed by atoms with van der Waals surface area (Å²) < 4.78 is 13.8. The van der Waals surface area contributed by atoms with Gasteiger partial charge in [-0.25, -0.2) is 4.39 Å². The molecule has 1 aromatic carbocycles. The van der Waals surface area contributed by atoms with Gasteiger partial charge < -0.3 is 10.6 Å². The minimum atomic E-state index is -0.745. The largest absolute Gasteiger partial charge is 0.339 e. The van der Waals surface area contributed by atoms with Crippen molar-refractivity contribution in [2.24, 2.45) is 5.73 Å². The number of carbonyl (C=O) groups excluding carboxylic acids is 1. The van der Waals surface area contributed by atoms with E-state index in [1.165, 1.54) is 4.90 Å². The maximum atomic E-state index is 13.8. The summed E-state index contributed by atoms with van der Waals surface area (Å²) in [5.41, 5.74) is 5.27. The molecule has 0 aromatic heterocycles. The summed E-state index contributed by atoms with van der Waals surface area (Å²) in [6, 6.07) is 3.14. The van der Waals surface area contributed by atoms with Crippen LogP contribution in [0.1, 0.15) is 36.0 Å². The van der Waals surface area contributed by atoms with Gasteiger partial charge in [0.2, 0.25) is 0 Å². The molecule has 0 bridgehead atoms. The molecular weight excluding hydrogens is 277 g/mol. The molecule has 114 valence electrons. The van der Waals surface area contributed by atoms with Crippen molar-refractivity contribution in [3.63, 3.8) is 0 Å². The summed E-state index contributed by atoms with van der Waals surface area (Å²) in [7, 11) is 1.60. The maximum Gasteiger partial charge on any atom is 0.270 e. The van der Waals surface area contributed by atoms with Crippen LogP contribution in [0.5, 0.6) is 0 Å². The van der Waals surface area contributed by atoms with Gasteiger partial charge in [0.05, 0.1) is 10.5 Å². The lowest BCUT2D eigenvalue weighted by Gasteiger charge is -2.33. The molecule has 2 N–H and O–H groups in total. The summed E-state index contributed by atoms with van der Waals surface area (Å²) in [5, 5.41) is 10.7. The number of nitrogens with two attached hydrogens (primary N) is 1. The third kappa shape index (κ3) is 3.36. The lowest BCUT2D eigenvalue weighted by molar-refractivity contribution is -0.384. The number of nitrogens with zero attached hydrogens (tertiary/aromatic N) is 2. The second-order valence-electron chi connectivity index (χ2n) is 5.41. The molecule has 0 aliphatic heterocycles. The Hall–Kier alpha value is -2.02. The molecule has 0 unspecified atom stereocenters. The van der Waals surface area contributed by atoms with E-state index in [-0.39, 0.29) is 23.3 Å². The van der Waals surface area contributed by atoms with Crippen LogP contribution in [-0.4, -0.2) is 34.9 Å². The Bertz CT molecular complexity index is 556. The molecule has 1 aliphatic carbocycles. The number of hydrogen-bond donors (Lipinski definition) is 1. The van der Waals surface area contributed by atoms with Crippen molar-refractivity contribution in [3.05, 3.63) is 39.7 Å². The van der Waals surface area contributed by atoms with E-state index >= 15 is 0 Å². The highest BCUT2D eigenvalue weighted by Gasteiger charge is 2.27. The predicted molar refractivity (Wildman–Crippen MR) is 75.4 cm³/mol. The Morgan fingerprint density at radius 1 is 1.38 bits per heavy atom. The van der Waals surface area contributed by atoms with E-state index in [0.29, 0.717) is 0 Å². The Morgan fingerprint density at radius 2 is 2.00 bits per heavy atom. The lowest BCUT2D eigenvalue weighted by Crippen LogP contribution is -2.42. The minimum Gasteiger partial charge on any atom is -0.339 e. The van der Waals surface area contributed by atoms with Crippen molar-refractivity contribution in [1.82, 2.24) is 4.90 Å². The van der Waals surface area contributed by atoms with Gasteiger partial charge in [0.15, 0.2) is 0 Å². The van der Waals surface area contributed by atoms with Crippen molar-refractivity contribution in [2.75, 3.05) is 7.05 Å². The van der Waals surface area contributed by atoms with Gasteiger partial charge in [0.1, 0.15) is 5.82 Å². The quantitative estimate of drug-likeness (QED) is 0.683. The predicted octanol–water partition coefficient (Wildman–Crippen LogP) is 2.08. The van der Waals surface area contributed by atoms with Gasteiger partial charge in [-0.3, -0.25) is 14.9 Å². The van der Waals surface area contributed by atoms with Crippen LogP contribution in [-0.2, 0) is 0 Å². The van der Waals surface area contributed by atoms with Crippen molar-refractivity contribution < 1.29 is 14.1 Å². The average molecular weight is 295 g/mol. The van der Waals surface area contributed by atoms with Crippen LogP contribution in [0.2, 0.25) is 0 Å². The summed E-state index contributed by atoms with van der Waals surface area (Å²) >= 11 is 0. The van der Waals surface area contributed by atoms with Gasteiger partial charge in [0, 0.05) is 31.3 Å². The van der Waals surface area contributed by atoms with Crippen LogP contribution >= 0.6 is 0 Å². The molecule has 0 saturated heterocycles. The van der Waals surface area contributed by atoms with E-state index in [0.717, 1.165) is 43.9 Å². The second kappa shape index (κ2) is 6.17. The van der Waals surface area contributed by atoms with Gasteiger partial charge in [-0.15, -0.1) is 0 Å². The third-order valence-electron chi connectivity index (χ3n) is 4.00. The lowest BCUT2D eigenvalue weighted by atomic mass is 9.90. The van der Waals surface area contributed by atoms with Crippen molar-refractivity contribution >= 4 is 11.6 Å². The van der Waals surface area contributed by atoms with E-state index in [4.69, 9.17) is 5.73 Å². The number of carbonyl (C=O) groups is 1. The molecule has 1 saturated carbocycles. The monoisotopic (exact) mass is 295 g/mol. The van der Waals surface area contributed by atoms with Gasteiger partial charge >= 0.3 is 0 Å². The number of amides is 1. The van der Waals surface area contributed by atoms with Crippen LogP contribution in [0.3, 0.4) is 0 Å².